The van der Waals surface area contributed by atoms with Crippen LogP contribution in [-0.2, 0) is 0 Å². The Balaban J connectivity index is 2.15. The fraction of sp³-hybridized carbons (Fsp3) is 0.333. The quantitative estimate of drug-likeness (QED) is 0.584. The van der Waals surface area contributed by atoms with Crippen LogP contribution in [0.4, 0.5) is 11.6 Å². The number of hydrogen-bond donors (Lipinski definition) is 3. The zero-order valence-electron chi connectivity index (χ0n) is 10.7. The number of nitrogens with two attached hydrogens (primary N) is 1. The topological polar surface area (TPSA) is 75.9 Å². The minimum absolute atomic E-state index is 0.204. The van der Waals surface area contributed by atoms with Gasteiger partial charge < -0.3 is 10.7 Å². The normalized spacial score (nSPS) is 12.2. The highest BCUT2D eigenvalue weighted by Gasteiger charge is 2.11. The lowest BCUT2D eigenvalue weighted by Gasteiger charge is -2.14. The molecule has 2 rings (SSSR count). The Labute approximate surface area is 110 Å². The lowest BCUT2D eigenvalue weighted by molar-refractivity contribution is 0.869. The van der Waals surface area contributed by atoms with E-state index in [-0.39, 0.29) is 6.04 Å². The summed E-state index contributed by atoms with van der Waals surface area (Å²) >= 11 is 1.81. The molecule has 0 aromatic carbocycles. The summed E-state index contributed by atoms with van der Waals surface area (Å²) in [5.74, 6) is 6.68. The molecule has 0 spiro atoms. The first-order valence-electron chi connectivity index (χ1n) is 5.72. The van der Waals surface area contributed by atoms with Crippen LogP contribution >= 0.6 is 11.3 Å². The van der Waals surface area contributed by atoms with Crippen molar-refractivity contribution in [2.45, 2.75) is 26.8 Å². The van der Waals surface area contributed by atoms with Gasteiger partial charge in [-0.1, -0.05) is 0 Å². The molecule has 96 valence electrons. The summed E-state index contributed by atoms with van der Waals surface area (Å²) in [5, 5.41) is 3.35. The standard InChI is InChI=1S/C12H17N5S/c1-7-4-10(9(3)18-7)8(2)16-11-5-12(17-13)15-6-14-11/h4-6,8H,13H2,1-3H3,(H2,14,15,16,17). The molecular formula is C12H17N5S. The van der Waals surface area contributed by atoms with Crippen LogP contribution in [0.3, 0.4) is 0 Å². The maximum Gasteiger partial charge on any atom is 0.145 e. The minimum atomic E-state index is 0.204. The van der Waals surface area contributed by atoms with Gasteiger partial charge in [-0.25, -0.2) is 15.8 Å². The molecule has 2 aromatic heterocycles. The van der Waals surface area contributed by atoms with Gasteiger partial charge in [0.15, 0.2) is 0 Å². The fourth-order valence-electron chi connectivity index (χ4n) is 1.90. The van der Waals surface area contributed by atoms with Gasteiger partial charge in [0.25, 0.3) is 0 Å². The van der Waals surface area contributed by atoms with Crippen LogP contribution in [-0.4, -0.2) is 9.97 Å². The predicted octanol–water partition coefficient (Wildman–Crippen LogP) is 2.61. The van der Waals surface area contributed by atoms with Gasteiger partial charge in [0.05, 0.1) is 6.04 Å². The van der Waals surface area contributed by atoms with Gasteiger partial charge in [-0.15, -0.1) is 11.3 Å². The number of nitrogens with one attached hydrogen (secondary N) is 2. The number of anilines is 2. The molecule has 1 atom stereocenters. The van der Waals surface area contributed by atoms with Crippen molar-refractivity contribution in [3.63, 3.8) is 0 Å². The van der Waals surface area contributed by atoms with Crippen LogP contribution in [0.5, 0.6) is 0 Å². The second kappa shape index (κ2) is 5.32. The van der Waals surface area contributed by atoms with Crippen molar-refractivity contribution in [2.24, 2.45) is 5.84 Å². The number of rotatable bonds is 4. The van der Waals surface area contributed by atoms with E-state index in [9.17, 15) is 0 Å². The van der Waals surface area contributed by atoms with E-state index in [0.29, 0.717) is 5.82 Å². The first-order valence-corrected chi connectivity index (χ1v) is 6.54. The third kappa shape index (κ3) is 2.77. The summed E-state index contributed by atoms with van der Waals surface area (Å²) < 4.78 is 0. The van der Waals surface area contributed by atoms with Crippen LogP contribution in [0, 0.1) is 13.8 Å². The van der Waals surface area contributed by atoms with Crippen molar-refractivity contribution >= 4 is 23.0 Å². The Morgan fingerprint density at radius 1 is 1.22 bits per heavy atom. The second-order valence-corrected chi connectivity index (χ2v) is 5.63. The number of hydrazine groups is 1. The maximum absolute atomic E-state index is 5.32. The molecule has 0 fully saturated rings. The molecule has 0 bridgehead atoms. The Kier molecular flexibility index (Phi) is 3.78. The number of nitrogens with zero attached hydrogens (tertiary/aromatic N) is 2. The molecule has 6 heteroatoms. The van der Waals surface area contributed by atoms with E-state index in [1.165, 1.54) is 21.6 Å². The molecule has 0 saturated heterocycles. The van der Waals surface area contributed by atoms with Crippen LogP contribution < -0.4 is 16.6 Å². The maximum atomic E-state index is 5.32. The molecule has 0 saturated carbocycles. The SMILES string of the molecule is Cc1cc(C(C)Nc2cc(NN)ncn2)c(C)s1. The molecule has 18 heavy (non-hydrogen) atoms. The molecule has 0 aliphatic rings. The van der Waals surface area contributed by atoms with Gasteiger partial charge in [0.2, 0.25) is 0 Å². The Bertz CT molecular complexity index is 537. The summed E-state index contributed by atoms with van der Waals surface area (Å²) in [6, 6.07) is 4.20. The smallest absolute Gasteiger partial charge is 0.145 e. The number of nitrogen functional groups attached to an aromatic ring is 1. The van der Waals surface area contributed by atoms with E-state index in [1.807, 2.05) is 11.3 Å². The summed E-state index contributed by atoms with van der Waals surface area (Å²) in [6.07, 6.45) is 1.48. The Hall–Kier alpha value is -1.66. The van der Waals surface area contributed by atoms with Crippen molar-refractivity contribution in [1.82, 2.24) is 9.97 Å². The van der Waals surface area contributed by atoms with Gasteiger partial charge >= 0.3 is 0 Å². The van der Waals surface area contributed by atoms with Crippen molar-refractivity contribution < 1.29 is 0 Å². The molecule has 5 nitrogen and oxygen atoms in total. The highest BCUT2D eigenvalue weighted by Crippen LogP contribution is 2.28. The molecule has 4 N–H and O–H groups in total. The first kappa shape index (κ1) is 12.8. The highest BCUT2D eigenvalue weighted by atomic mass is 32.1. The second-order valence-electron chi connectivity index (χ2n) is 4.17. The minimum Gasteiger partial charge on any atom is -0.363 e. The third-order valence-electron chi connectivity index (χ3n) is 2.73. The van der Waals surface area contributed by atoms with E-state index in [0.717, 1.165) is 5.82 Å². The van der Waals surface area contributed by atoms with Gasteiger partial charge in [-0.2, -0.15) is 0 Å². The average Bonchev–Trinajstić information content (AvgIpc) is 2.69. The van der Waals surface area contributed by atoms with E-state index < -0.39 is 0 Å². The lowest BCUT2D eigenvalue weighted by Crippen LogP contribution is -2.11. The monoisotopic (exact) mass is 263 g/mol. The average molecular weight is 263 g/mol. The largest absolute Gasteiger partial charge is 0.363 e. The number of hydrogen-bond acceptors (Lipinski definition) is 6. The van der Waals surface area contributed by atoms with Crippen molar-refractivity contribution in [3.05, 3.63) is 33.8 Å². The summed E-state index contributed by atoms with van der Waals surface area (Å²) in [7, 11) is 0. The summed E-state index contributed by atoms with van der Waals surface area (Å²) in [4.78, 5) is 10.8. The molecule has 2 heterocycles. The first-order chi connectivity index (χ1) is 8.60. The van der Waals surface area contributed by atoms with E-state index in [1.54, 1.807) is 6.07 Å². The molecule has 0 aliphatic heterocycles. The van der Waals surface area contributed by atoms with Crippen LogP contribution in [0.25, 0.3) is 0 Å². The fourth-order valence-corrected chi connectivity index (χ4v) is 2.92. The van der Waals surface area contributed by atoms with Crippen molar-refractivity contribution in [1.29, 1.82) is 0 Å². The molecule has 0 radical (unpaired) electrons. The zero-order valence-corrected chi connectivity index (χ0v) is 11.5. The van der Waals surface area contributed by atoms with Crippen LogP contribution in [0.1, 0.15) is 28.3 Å². The molecule has 0 aliphatic carbocycles. The number of aromatic nitrogens is 2. The number of aryl methyl sites for hydroxylation is 2. The molecule has 2 aromatic rings. The van der Waals surface area contributed by atoms with Crippen LogP contribution in [0.2, 0.25) is 0 Å². The molecular weight excluding hydrogens is 246 g/mol. The molecule has 1 unspecified atom stereocenters. The molecule has 0 amide bonds. The van der Waals surface area contributed by atoms with Gasteiger partial charge in [0, 0.05) is 15.8 Å². The van der Waals surface area contributed by atoms with E-state index in [2.05, 4.69) is 47.5 Å². The van der Waals surface area contributed by atoms with E-state index >= 15 is 0 Å². The van der Waals surface area contributed by atoms with Crippen molar-refractivity contribution in [3.8, 4) is 0 Å². The van der Waals surface area contributed by atoms with Crippen molar-refractivity contribution in [2.75, 3.05) is 10.7 Å². The highest BCUT2D eigenvalue weighted by molar-refractivity contribution is 7.12. The van der Waals surface area contributed by atoms with Crippen LogP contribution in [0.15, 0.2) is 18.5 Å². The summed E-state index contributed by atoms with van der Waals surface area (Å²) in [6.45, 7) is 6.37. The van der Waals surface area contributed by atoms with Gasteiger partial charge in [-0.05, 0) is 32.4 Å². The Morgan fingerprint density at radius 3 is 2.56 bits per heavy atom. The number of thiophene rings is 1. The van der Waals surface area contributed by atoms with Gasteiger partial charge in [-0.3, -0.25) is 0 Å². The Morgan fingerprint density at radius 2 is 1.94 bits per heavy atom. The van der Waals surface area contributed by atoms with Gasteiger partial charge in [0.1, 0.15) is 18.0 Å². The summed E-state index contributed by atoms with van der Waals surface area (Å²) in [5.41, 5.74) is 3.81. The zero-order chi connectivity index (χ0) is 13.1. The van der Waals surface area contributed by atoms with E-state index in [4.69, 9.17) is 5.84 Å². The lowest BCUT2D eigenvalue weighted by atomic mass is 10.1. The third-order valence-corrected chi connectivity index (χ3v) is 3.71. The predicted molar refractivity (Wildman–Crippen MR) is 75.7 cm³/mol.